The molecule has 4 rings (SSSR count). The molecular formula is C18H18N2O2S. The van der Waals surface area contributed by atoms with Crippen LogP contribution in [0.1, 0.15) is 5.56 Å². The predicted octanol–water partition coefficient (Wildman–Crippen LogP) is 2.91. The van der Waals surface area contributed by atoms with Gasteiger partial charge in [0.05, 0.1) is 0 Å². The maximum Gasteiger partial charge on any atom is 0.231 e. The van der Waals surface area contributed by atoms with Crippen LogP contribution in [0.4, 0.5) is 5.69 Å². The number of rotatable bonds is 2. The molecule has 0 radical (unpaired) electrons. The number of fused-ring (bicyclic) bond motifs is 1. The van der Waals surface area contributed by atoms with E-state index in [-0.39, 0.29) is 0 Å². The summed E-state index contributed by atoms with van der Waals surface area (Å²) in [5.74, 6) is 1.58. The van der Waals surface area contributed by atoms with E-state index in [0.717, 1.165) is 48.2 Å². The van der Waals surface area contributed by atoms with Gasteiger partial charge in [0.2, 0.25) is 6.79 Å². The SMILES string of the molecule is S=C(c1ccc2c(c1)OCO2)N1CCN(c2ccccc2)CC1. The van der Waals surface area contributed by atoms with Crippen molar-refractivity contribution < 1.29 is 9.47 Å². The van der Waals surface area contributed by atoms with E-state index in [1.54, 1.807) is 0 Å². The van der Waals surface area contributed by atoms with Gasteiger partial charge in [-0.15, -0.1) is 0 Å². The van der Waals surface area contributed by atoms with Crippen molar-refractivity contribution in [3.8, 4) is 11.5 Å². The smallest absolute Gasteiger partial charge is 0.231 e. The van der Waals surface area contributed by atoms with Crippen LogP contribution in [0, 0.1) is 0 Å². The Hall–Kier alpha value is -2.27. The topological polar surface area (TPSA) is 24.9 Å². The van der Waals surface area contributed by atoms with Gasteiger partial charge in [0.25, 0.3) is 0 Å². The third kappa shape index (κ3) is 2.84. The minimum Gasteiger partial charge on any atom is -0.454 e. The number of piperazine rings is 1. The lowest BCUT2D eigenvalue weighted by Gasteiger charge is -2.37. The van der Waals surface area contributed by atoms with Gasteiger partial charge in [-0.25, -0.2) is 0 Å². The van der Waals surface area contributed by atoms with E-state index in [0.29, 0.717) is 6.79 Å². The van der Waals surface area contributed by atoms with Crippen molar-refractivity contribution in [3.05, 3.63) is 54.1 Å². The minimum absolute atomic E-state index is 0.293. The summed E-state index contributed by atoms with van der Waals surface area (Å²) < 4.78 is 10.8. The van der Waals surface area contributed by atoms with Crippen LogP contribution in [0.2, 0.25) is 0 Å². The van der Waals surface area contributed by atoms with Gasteiger partial charge >= 0.3 is 0 Å². The molecular weight excluding hydrogens is 308 g/mol. The van der Waals surface area contributed by atoms with E-state index in [4.69, 9.17) is 21.7 Å². The second-order valence-electron chi connectivity index (χ2n) is 5.68. The summed E-state index contributed by atoms with van der Waals surface area (Å²) in [7, 11) is 0. The maximum absolute atomic E-state index is 5.68. The van der Waals surface area contributed by atoms with Crippen molar-refractivity contribution >= 4 is 22.9 Å². The lowest BCUT2D eigenvalue weighted by Crippen LogP contribution is -2.48. The Morgan fingerprint density at radius 2 is 1.61 bits per heavy atom. The molecule has 0 spiro atoms. The van der Waals surface area contributed by atoms with Crippen LogP contribution >= 0.6 is 12.2 Å². The normalized spacial score (nSPS) is 16.5. The van der Waals surface area contributed by atoms with Crippen LogP contribution in [0.3, 0.4) is 0 Å². The largest absolute Gasteiger partial charge is 0.454 e. The molecule has 5 heteroatoms. The van der Waals surface area contributed by atoms with Crippen molar-refractivity contribution in [1.29, 1.82) is 0 Å². The summed E-state index contributed by atoms with van der Waals surface area (Å²) in [6.45, 7) is 4.12. The van der Waals surface area contributed by atoms with Gasteiger partial charge in [-0.2, -0.15) is 0 Å². The van der Waals surface area contributed by atoms with Gasteiger partial charge in [0.15, 0.2) is 11.5 Å². The Bertz CT molecular complexity index is 712. The van der Waals surface area contributed by atoms with Crippen molar-refractivity contribution in [1.82, 2.24) is 4.90 Å². The highest BCUT2D eigenvalue weighted by Crippen LogP contribution is 2.33. The van der Waals surface area contributed by atoms with E-state index >= 15 is 0 Å². The Morgan fingerprint density at radius 3 is 2.39 bits per heavy atom. The monoisotopic (exact) mass is 326 g/mol. The lowest BCUT2D eigenvalue weighted by molar-refractivity contribution is 0.174. The Morgan fingerprint density at radius 1 is 0.870 bits per heavy atom. The first-order valence-corrected chi connectivity index (χ1v) is 8.21. The number of ether oxygens (including phenoxy) is 2. The van der Waals surface area contributed by atoms with Gasteiger partial charge in [-0.05, 0) is 30.3 Å². The molecule has 0 bridgehead atoms. The summed E-state index contributed by atoms with van der Waals surface area (Å²) in [5.41, 5.74) is 2.30. The quantitative estimate of drug-likeness (QED) is 0.790. The average Bonchev–Trinajstić information content (AvgIpc) is 3.10. The molecule has 1 fully saturated rings. The molecule has 0 saturated carbocycles. The first-order valence-electron chi connectivity index (χ1n) is 7.80. The molecule has 0 aromatic heterocycles. The highest BCUT2D eigenvalue weighted by molar-refractivity contribution is 7.80. The van der Waals surface area contributed by atoms with Gasteiger partial charge in [-0.3, -0.25) is 0 Å². The second-order valence-corrected chi connectivity index (χ2v) is 6.07. The standard InChI is InChI=1S/C18H18N2O2S/c23-18(14-6-7-16-17(12-14)22-13-21-16)20-10-8-19(9-11-20)15-4-2-1-3-5-15/h1-7,12H,8-11,13H2. The van der Waals surface area contributed by atoms with Crippen LogP contribution in [0.25, 0.3) is 0 Å². The molecule has 23 heavy (non-hydrogen) atoms. The third-order valence-electron chi connectivity index (χ3n) is 4.31. The van der Waals surface area contributed by atoms with E-state index in [1.807, 2.05) is 18.2 Å². The molecule has 118 valence electrons. The highest BCUT2D eigenvalue weighted by atomic mass is 32.1. The number of thiocarbonyl (C=S) groups is 1. The molecule has 2 aliphatic rings. The zero-order valence-corrected chi connectivity index (χ0v) is 13.6. The summed E-state index contributed by atoms with van der Waals surface area (Å²) in [6.07, 6.45) is 0. The Kier molecular flexibility index (Phi) is 3.79. The first kappa shape index (κ1) is 14.3. The Balaban J connectivity index is 1.43. The second kappa shape index (κ2) is 6.08. The van der Waals surface area contributed by atoms with Crippen LogP contribution in [-0.2, 0) is 0 Å². The number of benzene rings is 2. The summed E-state index contributed by atoms with van der Waals surface area (Å²) >= 11 is 5.68. The number of para-hydroxylation sites is 1. The van der Waals surface area contributed by atoms with E-state index in [9.17, 15) is 0 Å². The van der Waals surface area contributed by atoms with Gasteiger partial charge in [-0.1, -0.05) is 30.4 Å². The zero-order chi connectivity index (χ0) is 15.6. The van der Waals surface area contributed by atoms with Gasteiger partial charge in [0, 0.05) is 37.4 Å². The van der Waals surface area contributed by atoms with Gasteiger partial charge < -0.3 is 19.3 Å². The highest BCUT2D eigenvalue weighted by Gasteiger charge is 2.21. The molecule has 0 atom stereocenters. The van der Waals surface area contributed by atoms with Crippen LogP contribution in [0.5, 0.6) is 11.5 Å². The van der Waals surface area contributed by atoms with Crippen LogP contribution in [-0.4, -0.2) is 42.9 Å². The van der Waals surface area contributed by atoms with E-state index < -0.39 is 0 Å². The fourth-order valence-electron chi connectivity index (χ4n) is 3.02. The van der Waals surface area contributed by atoms with Crippen LogP contribution in [0.15, 0.2) is 48.5 Å². The van der Waals surface area contributed by atoms with Crippen LogP contribution < -0.4 is 14.4 Å². The molecule has 2 heterocycles. The zero-order valence-electron chi connectivity index (χ0n) is 12.8. The molecule has 0 N–H and O–H groups in total. The summed E-state index contributed by atoms with van der Waals surface area (Å²) in [4.78, 5) is 5.56. The molecule has 0 amide bonds. The summed E-state index contributed by atoms with van der Waals surface area (Å²) in [5, 5.41) is 0. The predicted molar refractivity (Wildman–Crippen MR) is 94.5 cm³/mol. The number of hydrogen-bond donors (Lipinski definition) is 0. The summed E-state index contributed by atoms with van der Waals surface area (Å²) in [6, 6.07) is 16.5. The average molecular weight is 326 g/mol. The van der Waals surface area contributed by atoms with E-state index in [2.05, 4.69) is 40.1 Å². The molecule has 2 aliphatic heterocycles. The van der Waals surface area contributed by atoms with E-state index in [1.165, 1.54) is 5.69 Å². The third-order valence-corrected chi connectivity index (χ3v) is 4.80. The number of nitrogens with zero attached hydrogens (tertiary/aromatic N) is 2. The van der Waals surface area contributed by atoms with Gasteiger partial charge in [0.1, 0.15) is 4.99 Å². The van der Waals surface area contributed by atoms with Crippen molar-refractivity contribution in [2.45, 2.75) is 0 Å². The maximum atomic E-state index is 5.68. The molecule has 2 aromatic rings. The number of anilines is 1. The first-order chi connectivity index (χ1) is 11.3. The minimum atomic E-state index is 0.293. The Labute approximate surface area is 141 Å². The molecule has 1 saturated heterocycles. The molecule has 4 nitrogen and oxygen atoms in total. The fourth-order valence-corrected chi connectivity index (χ4v) is 3.33. The number of hydrogen-bond acceptors (Lipinski definition) is 4. The lowest BCUT2D eigenvalue weighted by atomic mass is 10.1. The van der Waals surface area contributed by atoms with Crippen molar-refractivity contribution in [2.24, 2.45) is 0 Å². The molecule has 0 aliphatic carbocycles. The van der Waals surface area contributed by atoms with Crippen molar-refractivity contribution in [2.75, 3.05) is 37.9 Å². The molecule has 0 unspecified atom stereocenters. The fraction of sp³-hybridized carbons (Fsp3) is 0.278. The molecule has 2 aromatic carbocycles. The van der Waals surface area contributed by atoms with Crippen molar-refractivity contribution in [3.63, 3.8) is 0 Å².